The number of ether oxygens (including phenoxy) is 2. The second-order valence-corrected chi connectivity index (χ2v) is 10.7. The van der Waals surface area contributed by atoms with Crippen LogP contribution in [0.2, 0.25) is 0 Å². The minimum atomic E-state index is -4.64. The summed E-state index contributed by atoms with van der Waals surface area (Å²) in [5.41, 5.74) is 0. The van der Waals surface area contributed by atoms with Gasteiger partial charge in [0.25, 0.3) is 0 Å². The third-order valence-electron chi connectivity index (χ3n) is 2.65. The number of hydrogen-bond acceptors (Lipinski definition) is 7. The minimum absolute atomic E-state index is 0.102. The van der Waals surface area contributed by atoms with Crippen molar-refractivity contribution in [3.63, 3.8) is 0 Å². The molecule has 1 rings (SSSR count). The van der Waals surface area contributed by atoms with Crippen molar-refractivity contribution < 1.29 is 31.4 Å². The first kappa shape index (κ1) is 21.5. The zero-order valence-electron chi connectivity index (χ0n) is 12.8. The topological polar surface area (TPSA) is 94.5 Å². The van der Waals surface area contributed by atoms with Crippen LogP contribution in [0.5, 0.6) is 0 Å². The SMILES string of the molecule is B[C@@H]1O[C@H](COI)C(OP(=O)(O)O)C1OCSSC(C)(C)C. The van der Waals surface area contributed by atoms with E-state index in [9.17, 15) is 4.57 Å². The number of hydrogen-bond donors (Lipinski definition) is 2. The predicted octanol–water partition coefficient (Wildman–Crippen LogP) is 1.71. The average Bonchev–Trinajstić information content (AvgIpc) is 2.59. The fraction of sp³-hybridized carbons (Fsp3) is 1.00. The molecule has 22 heavy (non-hydrogen) atoms. The predicted molar refractivity (Wildman–Crippen MR) is 98.8 cm³/mol. The van der Waals surface area contributed by atoms with E-state index in [1.54, 1.807) is 52.4 Å². The summed E-state index contributed by atoms with van der Waals surface area (Å²) >= 11 is 1.70. The molecule has 1 aliphatic rings. The lowest BCUT2D eigenvalue weighted by Gasteiger charge is -2.24. The van der Waals surface area contributed by atoms with Crippen molar-refractivity contribution in [2.24, 2.45) is 0 Å². The van der Waals surface area contributed by atoms with E-state index in [1.807, 2.05) is 0 Å². The van der Waals surface area contributed by atoms with Gasteiger partial charge in [0.2, 0.25) is 0 Å². The molecule has 0 amide bonds. The van der Waals surface area contributed by atoms with Gasteiger partial charge in [-0.2, -0.15) is 0 Å². The Morgan fingerprint density at radius 2 is 2.00 bits per heavy atom. The van der Waals surface area contributed by atoms with Gasteiger partial charge in [-0.3, -0.25) is 4.52 Å². The monoisotopic (exact) mass is 486 g/mol. The van der Waals surface area contributed by atoms with E-state index in [-0.39, 0.29) is 17.4 Å². The first-order valence-corrected chi connectivity index (χ1v) is 11.3. The van der Waals surface area contributed by atoms with Crippen molar-refractivity contribution in [1.29, 1.82) is 0 Å². The Hall–Kier alpha value is 1.48. The van der Waals surface area contributed by atoms with E-state index < -0.39 is 26.1 Å². The lowest BCUT2D eigenvalue weighted by Crippen LogP contribution is -2.38. The Kier molecular flexibility index (Phi) is 9.06. The van der Waals surface area contributed by atoms with Crippen molar-refractivity contribution in [2.75, 3.05) is 12.5 Å². The number of phosphoric acid groups is 1. The fourth-order valence-electron chi connectivity index (χ4n) is 1.93. The molecule has 0 aromatic heterocycles. The number of rotatable bonds is 8. The van der Waals surface area contributed by atoms with Gasteiger partial charge < -0.3 is 22.3 Å². The Balaban J connectivity index is 2.61. The Morgan fingerprint density at radius 3 is 2.50 bits per heavy atom. The second-order valence-electron chi connectivity index (χ2n) is 5.78. The van der Waals surface area contributed by atoms with E-state index in [1.165, 1.54) is 0 Å². The summed E-state index contributed by atoms with van der Waals surface area (Å²) in [6, 6.07) is -0.340. The highest BCUT2D eigenvalue weighted by Gasteiger charge is 2.47. The molecule has 1 fully saturated rings. The summed E-state index contributed by atoms with van der Waals surface area (Å²) in [6.07, 6.45) is -2.01. The van der Waals surface area contributed by atoms with Crippen LogP contribution < -0.4 is 0 Å². The summed E-state index contributed by atoms with van der Waals surface area (Å²) in [5, 5.41) is 0. The van der Waals surface area contributed by atoms with Gasteiger partial charge in [-0.15, -0.1) is 0 Å². The van der Waals surface area contributed by atoms with E-state index >= 15 is 0 Å². The van der Waals surface area contributed by atoms with Gasteiger partial charge in [0.15, 0.2) is 0 Å². The Labute approximate surface area is 153 Å². The van der Waals surface area contributed by atoms with Crippen molar-refractivity contribution in [3.05, 3.63) is 0 Å². The summed E-state index contributed by atoms with van der Waals surface area (Å²) in [5.74, 6) is 0.374. The lowest BCUT2D eigenvalue weighted by molar-refractivity contribution is -0.00839. The van der Waals surface area contributed by atoms with E-state index in [2.05, 4.69) is 20.8 Å². The average molecular weight is 486 g/mol. The Bertz CT molecular complexity index is 394. The van der Waals surface area contributed by atoms with Crippen LogP contribution in [0.3, 0.4) is 0 Å². The smallest absolute Gasteiger partial charge is 0.376 e. The highest BCUT2D eigenvalue weighted by molar-refractivity contribution is 14.1. The van der Waals surface area contributed by atoms with Gasteiger partial charge in [-0.05, 0) is 0 Å². The molecule has 0 radical (unpaired) electrons. The van der Waals surface area contributed by atoms with Crippen molar-refractivity contribution in [2.45, 2.75) is 49.8 Å². The third-order valence-corrected chi connectivity index (χ3v) is 6.52. The highest BCUT2D eigenvalue weighted by atomic mass is 127. The normalized spacial score (nSPS) is 29.9. The molecule has 0 spiro atoms. The van der Waals surface area contributed by atoms with Crippen LogP contribution in [0.1, 0.15) is 20.8 Å². The van der Waals surface area contributed by atoms with Crippen molar-refractivity contribution in [1.82, 2.24) is 0 Å². The summed E-state index contributed by atoms with van der Waals surface area (Å²) < 4.78 is 32.5. The molecule has 2 N–H and O–H groups in total. The quantitative estimate of drug-likeness (QED) is 0.133. The van der Waals surface area contributed by atoms with Gasteiger partial charge in [0.1, 0.15) is 55.1 Å². The van der Waals surface area contributed by atoms with Gasteiger partial charge in [-0.25, -0.2) is 4.57 Å². The maximum absolute atomic E-state index is 11.2. The van der Waals surface area contributed by atoms with Crippen molar-refractivity contribution >= 4 is 60.3 Å². The zero-order chi connectivity index (χ0) is 17.0. The van der Waals surface area contributed by atoms with Gasteiger partial charge in [0.05, 0.1) is 12.6 Å². The fourth-order valence-corrected chi connectivity index (χ4v) is 4.84. The Morgan fingerprint density at radius 1 is 1.36 bits per heavy atom. The zero-order valence-corrected chi connectivity index (χ0v) is 17.5. The molecule has 4 atom stereocenters. The molecular weight excluding hydrogens is 465 g/mol. The summed E-state index contributed by atoms with van der Waals surface area (Å²) in [7, 11) is 0.366. The van der Waals surface area contributed by atoms with Gasteiger partial charge >= 0.3 is 7.82 Å². The summed E-state index contributed by atoms with van der Waals surface area (Å²) in [6.45, 7) is 6.46. The molecule has 1 saturated heterocycles. The minimum Gasteiger partial charge on any atom is -0.376 e. The molecule has 1 heterocycles. The van der Waals surface area contributed by atoms with Gasteiger partial charge in [0, 0.05) is 4.75 Å². The first-order valence-electron chi connectivity index (χ1n) is 6.58. The molecule has 1 aliphatic heterocycles. The lowest BCUT2D eigenvalue weighted by atomic mass is 9.93. The van der Waals surface area contributed by atoms with Crippen LogP contribution in [0.15, 0.2) is 0 Å². The van der Waals surface area contributed by atoms with Crippen molar-refractivity contribution in [3.8, 4) is 0 Å². The molecule has 0 saturated carbocycles. The molecule has 0 aromatic carbocycles. The van der Waals surface area contributed by atoms with Crippen LogP contribution >= 0.6 is 52.4 Å². The molecule has 0 bridgehead atoms. The second kappa shape index (κ2) is 9.26. The maximum Gasteiger partial charge on any atom is 0.470 e. The maximum atomic E-state index is 11.2. The van der Waals surface area contributed by atoms with Crippen LogP contribution in [0.4, 0.5) is 0 Å². The van der Waals surface area contributed by atoms with Crippen LogP contribution in [0.25, 0.3) is 0 Å². The van der Waals surface area contributed by atoms with Gasteiger partial charge in [-0.1, -0.05) is 42.4 Å². The molecule has 7 nitrogen and oxygen atoms in total. The largest absolute Gasteiger partial charge is 0.470 e. The first-order chi connectivity index (χ1) is 10.0. The molecule has 130 valence electrons. The summed E-state index contributed by atoms with van der Waals surface area (Å²) in [4.78, 5) is 18.1. The third kappa shape index (κ3) is 8.04. The number of halogens is 1. The highest BCUT2D eigenvalue weighted by Crippen LogP contribution is 2.43. The van der Waals surface area contributed by atoms with Crippen LogP contribution in [-0.4, -0.2) is 59.2 Å². The molecule has 12 heteroatoms. The van der Waals surface area contributed by atoms with E-state index in [0.29, 0.717) is 5.94 Å². The van der Waals surface area contributed by atoms with E-state index in [4.69, 9.17) is 26.9 Å². The van der Waals surface area contributed by atoms with E-state index in [0.717, 1.165) is 0 Å². The molecule has 2 unspecified atom stereocenters. The molecule has 0 aromatic rings. The van der Waals surface area contributed by atoms with Crippen LogP contribution in [0, 0.1) is 0 Å². The van der Waals surface area contributed by atoms with Crippen LogP contribution in [-0.2, 0) is 21.6 Å². The number of phosphoric ester groups is 1. The molecular formula is C10H21BIO7PS2. The standard InChI is InChI=1S/C10H21BIO7PS2/c1-10(2,3)22-21-5-16-8-7(19-20(13,14)15)6(4-17-12)18-9(8)11/h6-9H,4-5,11H2,1-3H3,(H2,13,14,15)/t6-,7?,8?,9-/m1/s1. The molecule has 0 aliphatic carbocycles.